The Bertz CT molecular complexity index is 679. The van der Waals surface area contributed by atoms with Crippen molar-refractivity contribution >= 4 is 17.2 Å². The molecule has 1 aliphatic carbocycles. The zero-order chi connectivity index (χ0) is 14.8. The second-order valence-corrected chi connectivity index (χ2v) is 5.71. The zero-order valence-corrected chi connectivity index (χ0v) is 12.2. The van der Waals surface area contributed by atoms with Gasteiger partial charge < -0.3 is 11.1 Å². The molecule has 108 valence electrons. The lowest BCUT2D eigenvalue weighted by molar-refractivity contribution is 0.101. The fourth-order valence-electron chi connectivity index (χ4n) is 3.01. The highest BCUT2D eigenvalue weighted by atomic mass is 16.1. The zero-order valence-electron chi connectivity index (χ0n) is 12.2. The smallest absolute Gasteiger partial charge is 0.161 e. The summed E-state index contributed by atoms with van der Waals surface area (Å²) in [5, 5.41) is 3.54. The molecular formula is C18H20N2O. The molecule has 0 saturated heterocycles. The standard InChI is InChI=1S/C18H20N2O/c1-12(21)17-11-16(8-9-18(17)19)20-15-7-6-13-4-2-3-5-14(13)10-15/h2-5,8-9,11,15,20H,6-7,10,19H2,1H3. The minimum absolute atomic E-state index is 0.00476. The van der Waals surface area contributed by atoms with Gasteiger partial charge in [-0.15, -0.1) is 0 Å². The summed E-state index contributed by atoms with van der Waals surface area (Å²) < 4.78 is 0. The Morgan fingerprint density at radius 1 is 1.19 bits per heavy atom. The third kappa shape index (κ3) is 2.92. The Morgan fingerprint density at radius 2 is 1.95 bits per heavy atom. The van der Waals surface area contributed by atoms with Crippen LogP contribution in [0.1, 0.15) is 34.8 Å². The number of nitrogens with one attached hydrogen (secondary N) is 1. The van der Waals surface area contributed by atoms with Crippen LogP contribution < -0.4 is 11.1 Å². The highest BCUT2D eigenvalue weighted by Crippen LogP contribution is 2.25. The monoisotopic (exact) mass is 280 g/mol. The van der Waals surface area contributed by atoms with E-state index in [1.807, 2.05) is 12.1 Å². The van der Waals surface area contributed by atoms with E-state index in [-0.39, 0.29) is 5.78 Å². The van der Waals surface area contributed by atoms with E-state index in [9.17, 15) is 4.79 Å². The van der Waals surface area contributed by atoms with E-state index in [4.69, 9.17) is 5.73 Å². The average molecular weight is 280 g/mol. The van der Waals surface area contributed by atoms with Gasteiger partial charge in [0.2, 0.25) is 0 Å². The number of Topliss-reactive ketones (excluding diaryl/α,β-unsaturated/α-hetero) is 1. The van der Waals surface area contributed by atoms with Gasteiger partial charge in [0.25, 0.3) is 0 Å². The Kier molecular flexibility index (Phi) is 3.65. The van der Waals surface area contributed by atoms with Crippen LogP contribution in [0.3, 0.4) is 0 Å². The summed E-state index contributed by atoms with van der Waals surface area (Å²) in [7, 11) is 0. The molecule has 1 aliphatic rings. The predicted molar refractivity (Wildman–Crippen MR) is 86.7 cm³/mol. The number of carbonyl (C=O) groups is 1. The number of hydrogen-bond acceptors (Lipinski definition) is 3. The van der Waals surface area contributed by atoms with Crippen molar-refractivity contribution in [2.75, 3.05) is 11.1 Å². The van der Waals surface area contributed by atoms with Crippen LogP contribution >= 0.6 is 0 Å². The first-order valence-electron chi connectivity index (χ1n) is 7.37. The molecule has 0 bridgehead atoms. The number of nitrogen functional groups attached to an aromatic ring is 1. The van der Waals surface area contributed by atoms with E-state index in [1.165, 1.54) is 11.1 Å². The minimum Gasteiger partial charge on any atom is -0.398 e. The third-order valence-corrected chi connectivity index (χ3v) is 4.15. The summed E-state index contributed by atoms with van der Waals surface area (Å²) in [6, 6.07) is 14.6. The molecule has 0 aromatic heterocycles. The van der Waals surface area contributed by atoms with E-state index < -0.39 is 0 Å². The number of fused-ring (bicyclic) bond motifs is 1. The highest BCUT2D eigenvalue weighted by Gasteiger charge is 2.18. The SMILES string of the molecule is CC(=O)c1cc(NC2CCc3ccccc3C2)ccc1N. The molecule has 3 heteroatoms. The van der Waals surface area contributed by atoms with Crippen molar-refractivity contribution in [2.45, 2.75) is 32.2 Å². The van der Waals surface area contributed by atoms with E-state index in [0.29, 0.717) is 17.3 Å². The van der Waals surface area contributed by atoms with Crippen molar-refractivity contribution in [3.8, 4) is 0 Å². The Balaban J connectivity index is 1.76. The van der Waals surface area contributed by atoms with Crippen molar-refractivity contribution in [1.29, 1.82) is 0 Å². The first-order valence-corrected chi connectivity index (χ1v) is 7.37. The molecule has 0 saturated carbocycles. The van der Waals surface area contributed by atoms with Crippen LogP contribution in [-0.2, 0) is 12.8 Å². The number of ketones is 1. The summed E-state index contributed by atoms with van der Waals surface area (Å²) in [6.07, 6.45) is 3.23. The molecule has 21 heavy (non-hydrogen) atoms. The fraction of sp³-hybridized carbons (Fsp3) is 0.278. The van der Waals surface area contributed by atoms with E-state index in [2.05, 4.69) is 29.6 Å². The first kappa shape index (κ1) is 13.7. The largest absolute Gasteiger partial charge is 0.398 e. The lowest BCUT2D eigenvalue weighted by Crippen LogP contribution is -2.27. The van der Waals surface area contributed by atoms with Gasteiger partial charge in [-0.25, -0.2) is 0 Å². The van der Waals surface area contributed by atoms with Crippen molar-refractivity contribution in [3.05, 3.63) is 59.2 Å². The predicted octanol–water partition coefficient (Wildman–Crippen LogP) is 3.44. The molecule has 3 rings (SSSR count). The Morgan fingerprint density at radius 3 is 2.71 bits per heavy atom. The topological polar surface area (TPSA) is 55.1 Å². The maximum atomic E-state index is 11.6. The maximum absolute atomic E-state index is 11.6. The van der Waals surface area contributed by atoms with Crippen molar-refractivity contribution < 1.29 is 4.79 Å². The molecule has 0 radical (unpaired) electrons. The van der Waals surface area contributed by atoms with Gasteiger partial charge in [0.1, 0.15) is 0 Å². The number of anilines is 2. The molecule has 1 atom stereocenters. The van der Waals surface area contributed by atoms with Gasteiger partial charge in [0, 0.05) is 23.0 Å². The molecule has 3 nitrogen and oxygen atoms in total. The number of carbonyl (C=O) groups excluding carboxylic acids is 1. The van der Waals surface area contributed by atoms with Gasteiger partial charge in [0.15, 0.2) is 5.78 Å². The van der Waals surface area contributed by atoms with Crippen LogP contribution in [0.25, 0.3) is 0 Å². The summed E-state index contributed by atoms with van der Waals surface area (Å²) in [4.78, 5) is 11.6. The van der Waals surface area contributed by atoms with Gasteiger partial charge in [-0.1, -0.05) is 24.3 Å². The van der Waals surface area contributed by atoms with Gasteiger partial charge in [-0.2, -0.15) is 0 Å². The molecule has 3 N–H and O–H groups in total. The van der Waals surface area contributed by atoms with E-state index in [0.717, 1.165) is 24.9 Å². The number of benzene rings is 2. The van der Waals surface area contributed by atoms with E-state index >= 15 is 0 Å². The molecule has 0 spiro atoms. The van der Waals surface area contributed by atoms with Crippen LogP contribution in [-0.4, -0.2) is 11.8 Å². The average Bonchev–Trinajstić information content (AvgIpc) is 2.49. The minimum atomic E-state index is 0.00476. The number of aryl methyl sites for hydroxylation is 1. The molecule has 2 aromatic carbocycles. The second kappa shape index (κ2) is 5.60. The van der Waals surface area contributed by atoms with Crippen LogP contribution in [0.5, 0.6) is 0 Å². The first-order chi connectivity index (χ1) is 10.1. The van der Waals surface area contributed by atoms with Crippen LogP contribution in [0.2, 0.25) is 0 Å². The second-order valence-electron chi connectivity index (χ2n) is 5.71. The highest BCUT2D eigenvalue weighted by molar-refractivity contribution is 6.00. The molecular weight excluding hydrogens is 260 g/mol. The Hall–Kier alpha value is -2.29. The molecule has 2 aromatic rings. The molecule has 0 aliphatic heterocycles. The van der Waals surface area contributed by atoms with Crippen LogP contribution in [0.15, 0.2) is 42.5 Å². The fourth-order valence-corrected chi connectivity index (χ4v) is 3.01. The Labute approximate surface area is 125 Å². The maximum Gasteiger partial charge on any atom is 0.161 e. The summed E-state index contributed by atoms with van der Waals surface area (Å²) in [5.74, 6) is 0.00476. The number of nitrogens with two attached hydrogens (primary N) is 1. The van der Waals surface area contributed by atoms with Gasteiger partial charge in [-0.3, -0.25) is 4.79 Å². The molecule has 0 heterocycles. The third-order valence-electron chi connectivity index (χ3n) is 4.15. The van der Waals surface area contributed by atoms with Crippen LogP contribution in [0.4, 0.5) is 11.4 Å². The summed E-state index contributed by atoms with van der Waals surface area (Å²) in [5.41, 5.74) is 10.8. The lowest BCUT2D eigenvalue weighted by atomic mass is 9.88. The quantitative estimate of drug-likeness (QED) is 0.669. The lowest BCUT2D eigenvalue weighted by Gasteiger charge is -2.26. The van der Waals surface area contributed by atoms with E-state index in [1.54, 1.807) is 13.0 Å². The summed E-state index contributed by atoms with van der Waals surface area (Å²) in [6.45, 7) is 1.55. The van der Waals surface area contributed by atoms with Gasteiger partial charge >= 0.3 is 0 Å². The molecule has 0 amide bonds. The number of rotatable bonds is 3. The van der Waals surface area contributed by atoms with Crippen molar-refractivity contribution in [3.63, 3.8) is 0 Å². The van der Waals surface area contributed by atoms with Gasteiger partial charge in [-0.05, 0) is 55.5 Å². The number of hydrogen-bond donors (Lipinski definition) is 2. The normalized spacial score (nSPS) is 17.1. The van der Waals surface area contributed by atoms with Crippen LogP contribution in [0, 0.1) is 0 Å². The molecule has 1 unspecified atom stereocenters. The van der Waals surface area contributed by atoms with Gasteiger partial charge in [0.05, 0.1) is 0 Å². The van der Waals surface area contributed by atoms with Crippen molar-refractivity contribution in [1.82, 2.24) is 0 Å². The van der Waals surface area contributed by atoms with Crippen molar-refractivity contribution in [2.24, 2.45) is 0 Å². The summed E-state index contributed by atoms with van der Waals surface area (Å²) >= 11 is 0. The molecule has 0 fully saturated rings.